The molecule has 0 fully saturated rings. The zero-order valence-corrected chi connectivity index (χ0v) is 8.64. The van der Waals surface area contributed by atoms with Crippen molar-refractivity contribution in [2.45, 2.75) is 5.79 Å². The summed E-state index contributed by atoms with van der Waals surface area (Å²) in [5.74, 6) is -5.85. The van der Waals surface area contributed by atoms with Crippen molar-refractivity contribution < 1.29 is 19.1 Å². The smallest absolute Gasteiger partial charge is 0.360 e. The highest BCUT2D eigenvalue weighted by molar-refractivity contribution is 5.85. The summed E-state index contributed by atoms with van der Waals surface area (Å²) < 4.78 is 12.9. The second-order valence-corrected chi connectivity index (χ2v) is 3.21. The van der Waals surface area contributed by atoms with Gasteiger partial charge in [-0.25, -0.2) is 19.0 Å². The lowest BCUT2D eigenvalue weighted by Gasteiger charge is -2.20. The van der Waals surface area contributed by atoms with Crippen LogP contribution >= 0.6 is 0 Å². The largest absolute Gasteiger partial charge is 0.477 e. The standard InChI is InChI=1S/C7H8FN5O5/c8-2-1-13(5(17)11-3(2)14)6(18)12-7(9,10)4(15)16/h1H,9-10H2,(H,12,18)(H,15,16)(H,11,14,17). The maximum atomic E-state index is 12.8. The number of nitrogens with zero attached hydrogens (tertiary/aromatic N) is 1. The summed E-state index contributed by atoms with van der Waals surface area (Å²) in [7, 11) is 0. The third-order valence-corrected chi connectivity index (χ3v) is 1.79. The van der Waals surface area contributed by atoms with E-state index in [0.717, 1.165) is 0 Å². The molecule has 0 aliphatic rings. The molecule has 0 radical (unpaired) electrons. The van der Waals surface area contributed by atoms with Gasteiger partial charge in [-0.2, -0.15) is 4.39 Å². The number of hydrogen-bond donors (Lipinski definition) is 5. The van der Waals surface area contributed by atoms with Crippen LogP contribution in [0.15, 0.2) is 15.8 Å². The number of amides is 1. The first kappa shape index (κ1) is 13.5. The molecule has 0 unspecified atom stereocenters. The quantitative estimate of drug-likeness (QED) is 0.350. The number of rotatable bonds is 2. The summed E-state index contributed by atoms with van der Waals surface area (Å²) in [5.41, 5.74) is 7.36. The number of carboxylic acids is 1. The predicted octanol–water partition coefficient (Wildman–Crippen LogP) is -3.11. The van der Waals surface area contributed by atoms with Gasteiger partial charge in [0.25, 0.3) is 5.56 Å². The van der Waals surface area contributed by atoms with Crippen molar-refractivity contribution in [2.75, 3.05) is 0 Å². The minimum atomic E-state index is -2.65. The molecule has 0 saturated heterocycles. The van der Waals surface area contributed by atoms with Gasteiger partial charge in [0.15, 0.2) is 0 Å². The molecule has 10 nitrogen and oxygen atoms in total. The van der Waals surface area contributed by atoms with Gasteiger partial charge in [0.2, 0.25) is 11.6 Å². The zero-order chi connectivity index (χ0) is 14.1. The number of nitrogens with two attached hydrogens (primary N) is 2. The fourth-order valence-corrected chi connectivity index (χ4v) is 0.889. The van der Waals surface area contributed by atoms with E-state index in [4.69, 9.17) is 16.6 Å². The molecule has 98 valence electrons. The van der Waals surface area contributed by atoms with E-state index in [-0.39, 0.29) is 10.8 Å². The Hall–Kier alpha value is -2.53. The number of carbonyl (C=O) groups is 2. The summed E-state index contributed by atoms with van der Waals surface area (Å²) >= 11 is 0. The lowest BCUT2D eigenvalue weighted by Crippen LogP contribution is -2.69. The van der Waals surface area contributed by atoms with Crippen LogP contribution in [-0.4, -0.2) is 32.4 Å². The summed E-state index contributed by atoms with van der Waals surface area (Å²) in [6.45, 7) is 0. The van der Waals surface area contributed by atoms with E-state index in [1.54, 1.807) is 5.32 Å². The SMILES string of the molecule is NC(N)(NC(=O)n1cc(F)c(=O)[nH]c1=O)C(=O)O. The van der Waals surface area contributed by atoms with Gasteiger partial charge in [-0.1, -0.05) is 0 Å². The molecule has 1 rings (SSSR count). The molecule has 1 aromatic rings. The molecule has 11 heteroatoms. The fraction of sp³-hybridized carbons (Fsp3) is 0.143. The van der Waals surface area contributed by atoms with Crippen molar-refractivity contribution >= 4 is 12.0 Å². The summed E-state index contributed by atoms with van der Waals surface area (Å²) in [6, 6.07) is -1.41. The lowest BCUT2D eigenvalue weighted by molar-refractivity contribution is -0.144. The van der Waals surface area contributed by atoms with Crippen molar-refractivity contribution in [3.05, 3.63) is 32.9 Å². The number of hydrogen-bond acceptors (Lipinski definition) is 6. The first-order valence-corrected chi connectivity index (χ1v) is 4.30. The van der Waals surface area contributed by atoms with E-state index in [9.17, 15) is 23.6 Å². The molecule has 0 bridgehead atoms. The van der Waals surface area contributed by atoms with E-state index < -0.39 is 34.9 Å². The van der Waals surface area contributed by atoms with Crippen molar-refractivity contribution in [3.8, 4) is 0 Å². The van der Waals surface area contributed by atoms with Crippen LogP contribution in [0, 0.1) is 5.82 Å². The maximum Gasteiger partial charge on any atom is 0.360 e. The van der Waals surface area contributed by atoms with Crippen LogP contribution in [-0.2, 0) is 4.79 Å². The van der Waals surface area contributed by atoms with Crippen LogP contribution in [0.5, 0.6) is 0 Å². The number of carbonyl (C=O) groups excluding carboxylic acids is 1. The second-order valence-electron chi connectivity index (χ2n) is 3.21. The molecule has 0 aliphatic carbocycles. The zero-order valence-electron chi connectivity index (χ0n) is 8.64. The van der Waals surface area contributed by atoms with Gasteiger partial charge in [0.05, 0.1) is 6.20 Å². The van der Waals surface area contributed by atoms with Gasteiger partial charge in [0.1, 0.15) is 0 Å². The van der Waals surface area contributed by atoms with Crippen molar-refractivity contribution in [2.24, 2.45) is 11.5 Å². The van der Waals surface area contributed by atoms with Gasteiger partial charge in [-0.05, 0) is 0 Å². The molecular formula is C7H8FN5O5. The number of aliphatic carboxylic acids is 1. The second kappa shape index (κ2) is 4.38. The Kier molecular flexibility index (Phi) is 3.30. The highest BCUT2D eigenvalue weighted by Crippen LogP contribution is 1.89. The number of aromatic nitrogens is 2. The first-order valence-electron chi connectivity index (χ1n) is 4.30. The van der Waals surface area contributed by atoms with Crippen LogP contribution in [0.2, 0.25) is 0 Å². The van der Waals surface area contributed by atoms with Crippen molar-refractivity contribution in [1.29, 1.82) is 0 Å². The van der Waals surface area contributed by atoms with Gasteiger partial charge in [-0.3, -0.25) is 26.6 Å². The fourth-order valence-electron chi connectivity index (χ4n) is 0.889. The maximum absolute atomic E-state index is 12.8. The van der Waals surface area contributed by atoms with Crippen LogP contribution in [0.3, 0.4) is 0 Å². The normalized spacial score (nSPS) is 11.1. The van der Waals surface area contributed by atoms with Gasteiger partial charge >= 0.3 is 17.7 Å². The Morgan fingerprint density at radius 3 is 2.50 bits per heavy atom. The van der Waals surface area contributed by atoms with Gasteiger partial charge in [-0.15, -0.1) is 0 Å². The minimum Gasteiger partial charge on any atom is -0.477 e. The Morgan fingerprint density at radius 1 is 1.44 bits per heavy atom. The Labute approximate surface area is 97.0 Å². The molecule has 0 saturated carbocycles. The molecule has 0 atom stereocenters. The van der Waals surface area contributed by atoms with E-state index in [0.29, 0.717) is 0 Å². The van der Waals surface area contributed by atoms with Crippen LogP contribution in [0.1, 0.15) is 0 Å². The molecule has 0 aliphatic heterocycles. The van der Waals surface area contributed by atoms with E-state index in [1.807, 2.05) is 0 Å². The third-order valence-electron chi connectivity index (χ3n) is 1.79. The molecular weight excluding hydrogens is 253 g/mol. The molecule has 18 heavy (non-hydrogen) atoms. The number of H-pyrrole nitrogens is 1. The number of aromatic amines is 1. The first-order chi connectivity index (χ1) is 8.15. The highest BCUT2D eigenvalue weighted by atomic mass is 19.1. The Bertz CT molecular complexity index is 617. The average Bonchev–Trinajstić information content (AvgIpc) is 2.22. The predicted molar refractivity (Wildman–Crippen MR) is 54.0 cm³/mol. The van der Waals surface area contributed by atoms with Crippen LogP contribution in [0.25, 0.3) is 0 Å². The van der Waals surface area contributed by atoms with Crippen molar-refractivity contribution in [1.82, 2.24) is 14.9 Å². The van der Waals surface area contributed by atoms with E-state index in [1.165, 1.54) is 4.98 Å². The summed E-state index contributed by atoms with van der Waals surface area (Å²) in [5, 5.41) is 10.1. The Morgan fingerprint density at radius 2 is 2.00 bits per heavy atom. The molecule has 7 N–H and O–H groups in total. The topological polar surface area (TPSA) is 173 Å². The van der Waals surface area contributed by atoms with Crippen LogP contribution < -0.4 is 28.0 Å². The molecule has 1 amide bonds. The highest BCUT2D eigenvalue weighted by Gasteiger charge is 2.31. The monoisotopic (exact) mass is 261 g/mol. The van der Waals surface area contributed by atoms with Gasteiger partial charge < -0.3 is 5.11 Å². The molecule has 0 spiro atoms. The molecule has 1 heterocycles. The van der Waals surface area contributed by atoms with E-state index in [2.05, 4.69) is 0 Å². The number of halogens is 1. The number of carboxylic acid groups (broad SMARTS) is 1. The van der Waals surface area contributed by atoms with Crippen molar-refractivity contribution in [3.63, 3.8) is 0 Å². The Balaban J connectivity index is 3.14. The van der Waals surface area contributed by atoms with Gasteiger partial charge in [0, 0.05) is 0 Å². The third kappa shape index (κ3) is 2.58. The molecule has 0 aromatic carbocycles. The minimum absolute atomic E-state index is 0.0775. The summed E-state index contributed by atoms with van der Waals surface area (Å²) in [4.78, 5) is 45.2. The molecule has 1 aromatic heterocycles. The van der Waals surface area contributed by atoms with E-state index >= 15 is 0 Å². The number of nitrogens with one attached hydrogen (secondary N) is 2. The lowest BCUT2D eigenvalue weighted by atomic mass is 10.4. The average molecular weight is 261 g/mol. The summed E-state index contributed by atoms with van der Waals surface area (Å²) in [6.07, 6.45) is 0.272. The van der Waals surface area contributed by atoms with Crippen LogP contribution in [0.4, 0.5) is 9.18 Å².